The number of hydrogen-bond acceptors (Lipinski definition) is 5. The summed E-state index contributed by atoms with van der Waals surface area (Å²) in [7, 11) is -2.99. The fourth-order valence-corrected chi connectivity index (χ4v) is 2.54. The third-order valence-corrected chi connectivity index (χ3v) is 4.56. The molecule has 0 amide bonds. The van der Waals surface area contributed by atoms with E-state index < -0.39 is 21.7 Å². The van der Waals surface area contributed by atoms with Gasteiger partial charge in [-0.25, -0.2) is 12.8 Å². The van der Waals surface area contributed by atoms with Crippen molar-refractivity contribution in [1.29, 1.82) is 0 Å². The SMILES string of the molecule is CCS(=O)(=O)CCCC(NN)c1ccncc1F. The standard InChI is InChI=1S/C11H18FN3O2S/c1-2-18(16,17)7-3-4-11(15-13)9-5-6-14-8-10(9)12/h5-6,8,11,15H,2-4,7,13H2,1H3. The first kappa shape index (κ1) is 15.0. The van der Waals surface area contributed by atoms with E-state index in [9.17, 15) is 12.8 Å². The third kappa shape index (κ3) is 4.32. The van der Waals surface area contributed by atoms with Crippen LogP contribution in [0.25, 0.3) is 0 Å². The summed E-state index contributed by atoms with van der Waals surface area (Å²) in [6.07, 6.45) is 3.48. The van der Waals surface area contributed by atoms with Crippen LogP contribution in [0.1, 0.15) is 31.4 Å². The lowest BCUT2D eigenvalue weighted by molar-refractivity contribution is 0.478. The molecular formula is C11H18FN3O2S. The molecule has 5 nitrogen and oxygen atoms in total. The van der Waals surface area contributed by atoms with E-state index in [4.69, 9.17) is 5.84 Å². The highest BCUT2D eigenvalue weighted by Crippen LogP contribution is 2.20. The van der Waals surface area contributed by atoms with Gasteiger partial charge in [0.1, 0.15) is 15.7 Å². The minimum absolute atomic E-state index is 0.0916. The number of pyridine rings is 1. The van der Waals surface area contributed by atoms with Crippen LogP contribution in [-0.4, -0.2) is 24.9 Å². The fourth-order valence-electron chi connectivity index (χ4n) is 1.65. The Hall–Kier alpha value is -1.05. The maximum Gasteiger partial charge on any atom is 0.150 e. The van der Waals surface area contributed by atoms with Gasteiger partial charge in [0, 0.05) is 23.6 Å². The summed E-state index contributed by atoms with van der Waals surface area (Å²) in [5, 5.41) is 0. The molecule has 1 unspecified atom stereocenters. The van der Waals surface area contributed by atoms with E-state index in [-0.39, 0.29) is 11.5 Å². The molecule has 7 heteroatoms. The molecule has 102 valence electrons. The van der Waals surface area contributed by atoms with Gasteiger partial charge in [0.25, 0.3) is 0 Å². The molecule has 1 heterocycles. The Kier molecular flexibility index (Phi) is 5.64. The normalized spacial score (nSPS) is 13.5. The molecule has 0 saturated heterocycles. The Morgan fingerprint density at radius 3 is 2.83 bits per heavy atom. The van der Waals surface area contributed by atoms with Gasteiger partial charge in [-0.2, -0.15) is 0 Å². The highest BCUT2D eigenvalue weighted by atomic mass is 32.2. The van der Waals surface area contributed by atoms with E-state index in [1.807, 2.05) is 0 Å². The first-order valence-corrected chi connectivity index (χ1v) is 7.58. The number of rotatable bonds is 7. The number of halogens is 1. The predicted octanol–water partition coefficient (Wildman–Crippen LogP) is 0.940. The molecule has 1 aromatic heterocycles. The van der Waals surface area contributed by atoms with E-state index in [0.29, 0.717) is 18.4 Å². The zero-order valence-corrected chi connectivity index (χ0v) is 11.1. The Bertz CT molecular complexity index is 479. The highest BCUT2D eigenvalue weighted by molar-refractivity contribution is 7.91. The van der Waals surface area contributed by atoms with Crippen LogP contribution in [0.4, 0.5) is 4.39 Å². The zero-order chi connectivity index (χ0) is 13.6. The summed E-state index contributed by atoms with van der Waals surface area (Å²) in [5.41, 5.74) is 2.90. The fraction of sp³-hybridized carbons (Fsp3) is 0.545. The number of hydrogen-bond donors (Lipinski definition) is 2. The summed E-state index contributed by atoms with van der Waals surface area (Å²) in [4.78, 5) is 3.65. The molecule has 1 atom stereocenters. The van der Waals surface area contributed by atoms with E-state index in [1.54, 1.807) is 6.92 Å². The summed E-state index contributed by atoms with van der Waals surface area (Å²) in [6, 6.07) is 1.13. The second-order valence-corrected chi connectivity index (χ2v) is 6.47. The largest absolute Gasteiger partial charge is 0.271 e. The van der Waals surface area contributed by atoms with Crippen molar-refractivity contribution in [3.05, 3.63) is 29.8 Å². The van der Waals surface area contributed by atoms with Crippen LogP contribution in [0, 0.1) is 5.82 Å². The number of sulfone groups is 1. The van der Waals surface area contributed by atoms with Gasteiger partial charge in [0.05, 0.1) is 11.9 Å². The maximum absolute atomic E-state index is 13.5. The highest BCUT2D eigenvalue weighted by Gasteiger charge is 2.15. The Morgan fingerprint density at radius 1 is 1.56 bits per heavy atom. The van der Waals surface area contributed by atoms with Crippen molar-refractivity contribution in [3.8, 4) is 0 Å². The average Bonchev–Trinajstić information content (AvgIpc) is 2.36. The van der Waals surface area contributed by atoms with Gasteiger partial charge in [-0.05, 0) is 18.9 Å². The van der Waals surface area contributed by atoms with Crippen molar-refractivity contribution in [2.24, 2.45) is 5.84 Å². The van der Waals surface area contributed by atoms with Crippen LogP contribution in [0.5, 0.6) is 0 Å². The van der Waals surface area contributed by atoms with Crippen LogP contribution >= 0.6 is 0 Å². The molecular weight excluding hydrogens is 257 g/mol. The zero-order valence-electron chi connectivity index (χ0n) is 10.3. The molecule has 3 N–H and O–H groups in total. The monoisotopic (exact) mass is 275 g/mol. The van der Waals surface area contributed by atoms with Crippen LogP contribution in [0.3, 0.4) is 0 Å². The number of aromatic nitrogens is 1. The van der Waals surface area contributed by atoms with E-state index >= 15 is 0 Å². The second kappa shape index (κ2) is 6.77. The molecule has 18 heavy (non-hydrogen) atoms. The van der Waals surface area contributed by atoms with E-state index in [1.165, 1.54) is 12.3 Å². The summed E-state index contributed by atoms with van der Waals surface area (Å²) in [6.45, 7) is 1.61. The molecule has 0 fully saturated rings. The van der Waals surface area contributed by atoms with Gasteiger partial charge in [0.2, 0.25) is 0 Å². The average molecular weight is 275 g/mol. The van der Waals surface area contributed by atoms with Crippen molar-refractivity contribution in [3.63, 3.8) is 0 Å². The maximum atomic E-state index is 13.5. The van der Waals surface area contributed by atoms with Crippen molar-refractivity contribution in [2.75, 3.05) is 11.5 Å². The predicted molar refractivity (Wildman–Crippen MR) is 67.8 cm³/mol. The Morgan fingerprint density at radius 2 is 2.28 bits per heavy atom. The van der Waals surface area contributed by atoms with Gasteiger partial charge in [-0.3, -0.25) is 16.3 Å². The molecule has 0 aliphatic rings. The smallest absolute Gasteiger partial charge is 0.150 e. The summed E-state index contributed by atoms with van der Waals surface area (Å²) >= 11 is 0. The lowest BCUT2D eigenvalue weighted by atomic mass is 10.0. The Labute approximate surface area is 106 Å². The van der Waals surface area contributed by atoms with Gasteiger partial charge in [-0.15, -0.1) is 0 Å². The minimum atomic E-state index is -2.99. The van der Waals surface area contributed by atoms with Crippen LogP contribution in [0.15, 0.2) is 18.5 Å². The van der Waals surface area contributed by atoms with Gasteiger partial charge in [-0.1, -0.05) is 6.92 Å². The number of hydrazine groups is 1. The Balaban J connectivity index is 2.61. The molecule has 0 radical (unpaired) electrons. The summed E-state index contributed by atoms with van der Waals surface area (Å²) < 4.78 is 36.2. The lowest BCUT2D eigenvalue weighted by Gasteiger charge is -2.16. The lowest BCUT2D eigenvalue weighted by Crippen LogP contribution is -2.29. The minimum Gasteiger partial charge on any atom is -0.271 e. The van der Waals surface area contributed by atoms with E-state index in [0.717, 1.165) is 6.20 Å². The molecule has 1 rings (SSSR count). The van der Waals surface area contributed by atoms with E-state index in [2.05, 4.69) is 10.4 Å². The molecule has 0 saturated carbocycles. The van der Waals surface area contributed by atoms with Gasteiger partial charge >= 0.3 is 0 Å². The van der Waals surface area contributed by atoms with Crippen molar-refractivity contribution < 1.29 is 12.8 Å². The number of nitrogens with one attached hydrogen (secondary N) is 1. The molecule has 0 aromatic carbocycles. The van der Waals surface area contributed by atoms with Crippen LogP contribution in [0.2, 0.25) is 0 Å². The van der Waals surface area contributed by atoms with Gasteiger partial charge in [0.15, 0.2) is 0 Å². The van der Waals surface area contributed by atoms with Crippen LogP contribution < -0.4 is 11.3 Å². The first-order valence-electron chi connectivity index (χ1n) is 5.76. The molecule has 0 spiro atoms. The van der Waals surface area contributed by atoms with Gasteiger partial charge < -0.3 is 0 Å². The number of nitrogens with two attached hydrogens (primary N) is 1. The molecule has 0 aliphatic heterocycles. The molecule has 1 aromatic rings. The van der Waals surface area contributed by atoms with Crippen molar-refractivity contribution >= 4 is 9.84 Å². The second-order valence-electron chi connectivity index (χ2n) is 4.00. The number of nitrogens with zero attached hydrogens (tertiary/aromatic N) is 1. The first-order chi connectivity index (χ1) is 8.50. The summed E-state index contributed by atoms with van der Waals surface area (Å²) in [5.74, 6) is 5.14. The molecule has 0 aliphatic carbocycles. The quantitative estimate of drug-likeness (QED) is 0.571. The topological polar surface area (TPSA) is 85.1 Å². The van der Waals surface area contributed by atoms with Crippen molar-refractivity contribution in [1.82, 2.24) is 10.4 Å². The molecule has 0 bridgehead atoms. The third-order valence-electron chi connectivity index (χ3n) is 2.77. The van der Waals surface area contributed by atoms with Crippen LogP contribution in [-0.2, 0) is 9.84 Å². The van der Waals surface area contributed by atoms with Crippen molar-refractivity contribution in [2.45, 2.75) is 25.8 Å².